The average Bonchev–Trinajstić information content (AvgIpc) is 2.29. The number of rotatable bonds is 10. The number of aliphatic hydroxyl groups is 3. The van der Waals surface area contributed by atoms with Crippen molar-refractivity contribution in [1.29, 1.82) is 0 Å². The fourth-order valence-corrected chi connectivity index (χ4v) is 3.91. The van der Waals surface area contributed by atoms with Crippen LogP contribution in [0.25, 0.3) is 0 Å². The highest BCUT2D eigenvalue weighted by molar-refractivity contribution is 7.66. The molecule has 7 N–H and O–H groups in total. The van der Waals surface area contributed by atoms with Gasteiger partial charge in [0.25, 0.3) is 0 Å². The van der Waals surface area contributed by atoms with Crippen LogP contribution in [0.5, 0.6) is 0 Å². The molecule has 0 aliphatic carbocycles. The van der Waals surface area contributed by atoms with E-state index in [-0.39, 0.29) is 0 Å². The second kappa shape index (κ2) is 8.18. The maximum Gasteiger partial charge on any atom is 0.490 e. The maximum absolute atomic E-state index is 11.2. The normalized spacial score (nSPS) is 20.7. The molecule has 4 atom stereocenters. The van der Waals surface area contributed by atoms with Crippen LogP contribution in [0, 0.1) is 0 Å². The van der Waals surface area contributed by atoms with E-state index >= 15 is 0 Å². The molecule has 17 heteroatoms. The monoisotopic (exact) mass is 390 g/mol. The zero-order valence-corrected chi connectivity index (χ0v) is 13.1. The minimum Gasteiger partial charge on any atom is -0.388 e. The van der Waals surface area contributed by atoms with Crippen molar-refractivity contribution in [2.24, 2.45) is 0 Å². The summed E-state index contributed by atoms with van der Waals surface area (Å²) in [7, 11) is -16.7. The largest absolute Gasteiger partial charge is 0.490 e. The quantitative estimate of drug-likeness (QED) is 0.193. The number of phosphoric ester groups is 1. The van der Waals surface area contributed by atoms with Crippen molar-refractivity contribution in [3.05, 3.63) is 0 Å². The highest BCUT2D eigenvalue weighted by Crippen LogP contribution is 2.66. The fraction of sp³-hybridized carbons (Fsp3) is 0.800. The lowest BCUT2D eigenvalue weighted by Gasteiger charge is -2.19. The molecule has 0 bridgehead atoms. The second-order valence-electron chi connectivity index (χ2n) is 3.52. The molecule has 0 aromatic heterocycles. The Bertz CT molecular complexity index is 523. The van der Waals surface area contributed by atoms with Crippen LogP contribution in [0.4, 0.5) is 0 Å². The molecule has 0 fully saturated rings. The van der Waals surface area contributed by atoms with Gasteiger partial charge in [-0.25, -0.2) is 13.7 Å². The minimum absolute atomic E-state index is 1.15. The van der Waals surface area contributed by atoms with E-state index in [9.17, 15) is 23.6 Å². The Balaban J connectivity index is 4.66. The number of hydrogen-bond acceptors (Lipinski definition) is 10. The number of aliphatic hydroxyl groups excluding tert-OH is 3. The molecule has 0 aromatic carbocycles. The first-order valence-electron chi connectivity index (χ1n) is 4.97. The third-order valence-electron chi connectivity index (χ3n) is 1.67. The Morgan fingerprint density at radius 3 is 1.86 bits per heavy atom. The van der Waals surface area contributed by atoms with E-state index in [2.05, 4.69) is 13.1 Å². The SMILES string of the molecule is O=C(CO)[C@H](O)[C@H](O)COP(=O)(O)OP(=O)(O)OP(=O)(O)O. The van der Waals surface area contributed by atoms with E-state index in [1.807, 2.05) is 0 Å². The zero-order valence-electron chi connectivity index (χ0n) is 10.4. The summed E-state index contributed by atoms with van der Waals surface area (Å²) in [6.45, 7) is -2.41. The van der Waals surface area contributed by atoms with E-state index in [0.717, 1.165) is 0 Å². The van der Waals surface area contributed by atoms with Gasteiger partial charge in [0, 0.05) is 0 Å². The number of carbonyl (C=O) groups is 1. The van der Waals surface area contributed by atoms with Gasteiger partial charge in [-0.15, -0.1) is 0 Å². The molecule has 0 saturated carbocycles. The topological polar surface area (TPSA) is 238 Å². The molecule has 0 spiro atoms. The first-order chi connectivity index (χ1) is 9.69. The van der Waals surface area contributed by atoms with Crippen molar-refractivity contribution < 1.29 is 66.5 Å². The van der Waals surface area contributed by atoms with E-state index in [1.165, 1.54) is 0 Å². The third-order valence-corrected chi connectivity index (χ3v) is 5.48. The summed E-state index contributed by atoms with van der Waals surface area (Å²) in [4.78, 5) is 45.1. The summed E-state index contributed by atoms with van der Waals surface area (Å²) >= 11 is 0. The van der Waals surface area contributed by atoms with E-state index in [4.69, 9.17) is 29.8 Å². The zero-order chi connectivity index (χ0) is 17.8. The third kappa shape index (κ3) is 9.18. The van der Waals surface area contributed by atoms with Crippen molar-refractivity contribution in [1.82, 2.24) is 0 Å². The smallest absolute Gasteiger partial charge is 0.388 e. The molecule has 0 aromatic rings. The first-order valence-corrected chi connectivity index (χ1v) is 9.49. The predicted octanol–water partition coefficient (Wildman–Crippen LogP) is -2.39. The van der Waals surface area contributed by atoms with Gasteiger partial charge in [-0.05, 0) is 0 Å². The van der Waals surface area contributed by atoms with Crippen molar-refractivity contribution in [3.8, 4) is 0 Å². The molecule has 0 amide bonds. The van der Waals surface area contributed by atoms with Gasteiger partial charge in [-0.2, -0.15) is 8.62 Å². The van der Waals surface area contributed by atoms with Crippen LogP contribution >= 0.6 is 23.5 Å². The lowest BCUT2D eigenvalue weighted by Crippen LogP contribution is -2.38. The first kappa shape index (κ1) is 22.0. The standard InChI is InChI=1S/C5H13O14P3/c6-1-3(7)5(9)4(8)2-17-21(13,14)19-22(15,16)18-20(10,11)12/h4-6,8-9H,1-2H2,(H,13,14)(H,15,16)(H2,10,11,12)/t4-,5+/m1/s1. The summed E-state index contributed by atoms with van der Waals surface area (Å²) in [5.74, 6) is -1.25. The Kier molecular flexibility index (Phi) is 8.16. The lowest BCUT2D eigenvalue weighted by molar-refractivity contribution is -0.137. The molecule has 0 heterocycles. The van der Waals surface area contributed by atoms with Gasteiger partial charge in [-0.3, -0.25) is 9.32 Å². The number of carbonyl (C=O) groups excluding carboxylic acids is 1. The molecule has 22 heavy (non-hydrogen) atoms. The Labute approximate surface area is 122 Å². The second-order valence-corrected chi connectivity index (χ2v) is 7.94. The molecule has 2 unspecified atom stereocenters. The van der Waals surface area contributed by atoms with Gasteiger partial charge >= 0.3 is 23.5 Å². The summed E-state index contributed by atoms with van der Waals surface area (Å²) in [6, 6.07) is 0. The van der Waals surface area contributed by atoms with Crippen LogP contribution in [0.1, 0.15) is 0 Å². The number of Topliss-reactive ketones (excluding diaryl/α,β-unsaturated/α-hetero) is 1. The van der Waals surface area contributed by atoms with Crippen LogP contribution in [0.2, 0.25) is 0 Å². The highest BCUT2D eigenvalue weighted by Gasteiger charge is 2.41. The molecule has 0 saturated heterocycles. The Hall–Kier alpha value is -0.0400. The molecule has 14 nitrogen and oxygen atoms in total. The molecular weight excluding hydrogens is 377 g/mol. The van der Waals surface area contributed by atoms with Gasteiger partial charge in [0.05, 0.1) is 6.61 Å². The van der Waals surface area contributed by atoms with E-state index < -0.39 is 54.7 Å². The molecule has 132 valence electrons. The molecule has 0 aliphatic rings. The Morgan fingerprint density at radius 1 is 0.955 bits per heavy atom. The van der Waals surface area contributed by atoms with Crippen LogP contribution in [-0.2, 0) is 31.6 Å². The summed E-state index contributed by atoms with van der Waals surface area (Å²) in [5, 5.41) is 26.7. The fourth-order valence-electron chi connectivity index (χ4n) is 0.873. The molecule has 0 aliphatic heterocycles. The van der Waals surface area contributed by atoms with E-state index in [0.29, 0.717) is 0 Å². The van der Waals surface area contributed by atoms with Crippen molar-refractivity contribution in [2.75, 3.05) is 13.2 Å². The molecular formula is C5H13O14P3. The van der Waals surface area contributed by atoms with Crippen LogP contribution in [-0.4, -0.2) is 66.1 Å². The summed E-state index contributed by atoms with van der Waals surface area (Å²) < 4.78 is 43.1. The van der Waals surface area contributed by atoms with Crippen LogP contribution < -0.4 is 0 Å². The number of hydrogen-bond donors (Lipinski definition) is 7. The number of phosphoric acid groups is 3. The van der Waals surface area contributed by atoms with E-state index in [1.54, 1.807) is 0 Å². The van der Waals surface area contributed by atoms with Gasteiger partial charge in [0.15, 0.2) is 5.78 Å². The molecule has 0 radical (unpaired) electrons. The Morgan fingerprint density at radius 2 is 1.45 bits per heavy atom. The van der Waals surface area contributed by atoms with Crippen LogP contribution in [0.15, 0.2) is 0 Å². The van der Waals surface area contributed by atoms with Crippen molar-refractivity contribution >= 4 is 29.3 Å². The molecule has 0 rings (SSSR count). The van der Waals surface area contributed by atoms with Gasteiger partial charge in [0.1, 0.15) is 18.8 Å². The van der Waals surface area contributed by atoms with Crippen molar-refractivity contribution in [2.45, 2.75) is 12.2 Å². The summed E-state index contributed by atoms with van der Waals surface area (Å²) in [5.41, 5.74) is 0. The highest BCUT2D eigenvalue weighted by atomic mass is 31.3. The van der Waals surface area contributed by atoms with Crippen molar-refractivity contribution in [3.63, 3.8) is 0 Å². The number of ketones is 1. The summed E-state index contributed by atoms with van der Waals surface area (Å²) in [6.07, 6.45) is -4.29. The van der Waals surface area contributed by atoms with Gasteiger partial charge < -0.3 is 34.9 Å². The maximum atomic E-state index is 11.2. The van der Waals surface area contributed by atoms with Gasteiger partial charge in [-0.1, -0.05) is 0 Å². The lowest BCUT2D eigenvalue weighted by atomic mass is 10.1. The van der Waals surface area contributed by atoms with Crippen LogP contribution in [0.3, 0.4) is 0 Å². The predicted molar refractivity (Wildman–Crippen MR) is 63.9 cm³/mol. The van der Waals surface area contributed by atoms with Gasteiger partial charge in [0.2, 0.25) is 0 Å². The average molecular weight is 390 g/mol. The minimum atomic E-state index is -5.70.